The number of carbonyl (C=O) groups excluding carboxylic acids is 1. The van der Waals surface area contributed by atoms with E-state index in [0.29, 0.717) is 17.6 Å². The molecule has 3 rings (SSSR count). The van der Waals surface area contributed by atoms with Crippen LogP contribution in [0.4, 0.5) is 0 Å². The maximum absolute atomic E-state index is 12.9. The van der Waals surface area contributed by atoms with Gasteiger partial charge in [-0.05, 0) is 32.0 Å². The number of aryl methyl sites for hydroxylation is 3. The summed E-state index contributed by atoms with van der Waals surface area (Å²) in [4.78, 5) is 30.2. The number of nitrogens with one attached hydrogen (secondary N) is 1. The first-order valence-corrected chi connectivity index (χ1v) is 8.74. The molecule has 142 valence electrons. The van der Waals surface area contributed by atoms with E-state index in [1.54, 1.807) is 49.4 Å². The van der Waals surface area contributed by atoms with Crippen LogP contribution >= 0.6 is 0 Å². The lowest BCUT2D eigenvalue weighted by Gasteiger charge is -2.19. The van der Waals surface area contributed by atoms with Crippen LogP contribution in [0.1, 0.15) is 34.7 Å². The molecule has 0 bridgehead atoms. The second-order valence-electron chi connectivity index (χ2n) is 6.34. The van der Waals surface area contributed by atoms with Crippen molar-refractivity contribution in [1.82, 2.24) is 24.6 Å². The predicted octanol–water partition coefficient (Wildman–Crippen LogP) is 1.58. The Hall–Kier alpha value is -3.00. The number of pyridine rings is 2. The van der Waals surface area contributed by atoms with Gasteiger partial charge in [0.2, 0.25) is 5.43 Å². The molecule has 0 aliphatic carbocycles. The quantitative estimate of drug-likeness (QED) is 0.712. The Bertz CT molecular complexity index is 1040. The molecule has 1 atom stereocenters. The van der Waals surface area contributed by atoms with E-state index >= 15 is 0 Å². The highest BCUT2D eigenvalue weighted by Crippen LogP contribution is 2.14. The summed E-state index contributed by atoms with van der Waals surface area (Å²) in [6.07, 6.45) is 3.22. The zero-order chi connectivity index (χ0) is 19.6. The molecule has 1 amide bonds. The van der Waals surface area contributed by atoms with Crippen molar-refractivity contribution in [3.63, 3.8) is 0 Å². The molecule has 1 N–H and O–H groups in total. The SMILES string of the molecule is CCn1cc(C(=O)N[C@H](COC)c2ccnn2C)c(=O)c2ccc(C)nc21. The zero-order valence-corrected chi connectivity index (χ0v) is 15.9. The summed E-state index contributed by atoms with van der Waals surface area (Å²) in [5.74, 6) is -0.451. The molecule has 8 nitrogen and oxygen atoms in total. The van der Waals surface area contributed by atoms with E-state index in [0.717, 1.165) is 11.4 Å². The van der Waals surface area contributed by atoms with Crippen LogP contribution in [0.3, 0.4) is 0 Å². The summed E-state index contributed by atoms with van der Waals surface area (Å²) >= 11 is 0. The van der Waals surface area contributed by atoms with Gasteiger partial charge >= 0.3 is 0 Å². The molecule has 0 aromatic carbocycles. The molecule has 8 heteroatoms. The van der Waals surface area contributed by atoms with E-state index in [1.807, 2.05) is 18.4 Å². The third kappa shape index (κ3) is 3.61. The van der Waals surface area contributed by atoms with E-state index in [9.17, 15) is 9.59 Å². The summed E-state index contributed by atoms with van der Waals surface area (Å²) < 4.78 is 8.71. The van der Waals surface area contributed by atoms with Gasteiger partial charge in [0, 0.05) is 38.8 Å². The summed E-state index contributed by atoms with van der Waals surface area (Å²) in [5.41, 5.74) is 1.94. The highest BCUT2D eigenvalue weighted by atomic mass is 16.5. The number of fused-ring (bicyclic) bond motifs is 1. The van der Waals surface area contributed by atoms with Crippen molar-refractivity contribution in [2.45, 2.75) is 26.4 Å². The number of aromatic nitrogens is 4. The van der Waals surface area contributed by atoms with Crippen LogP contribution < -0.4 is 10.7 Å². The van der Waals surface area contributed by atoms with Crippen molar-refractivity contribution in [2.24, 2.45) is 7.05 Å². The van der Waals surface area contributed by atoms with Gasteiger partial charge in [-0.1, -0.05) is 0 Å². The summed E-state index contributed by atoms with van der Waals surface area (Å²) in [6.45, 7) is 4.67. The third-order valence-electron chi connectivity index (χ3n) is 4.50. The minimum absolute atomic E-state index is 0.0817. The molecule has 3 heterocycles. The number of carbonyl (C=O) groups is 1. The minimum Gasteiger partial charge on any atom is -0.382 e. The van der Waals surface area contributed by atoms with Crippen molar-refractivity contribution < 1.29 is 9.53 Å². The van der Waals surface area contributed by atoms with Crippen molar-refractivity contribution in [2.75, 3.05) is 13.7 Å². The van der Waals surface area contributed by atoms with Crippen molar-refractivity contribution in [3.05, 3.63) is 57.8 Å². The molecule has 27 heavy (non-hydrogen) atoms. The Morgan fingerprint density at radius 1 is 1.33 bits per heavy atom. The van der Waals surface area contributed by atoms with Crippen LogP contribution in [-0.4, -0.2) is 39.0 Å². The van der Waals surface area contributed by atoms with Crippen molar-refractivity contribution in [3.8, 4) is 0 Å². The molecular formula is C19H23N5O3. The lowest BCUT2D eigenvalue weighted by atomic mass is 10.1. The molecule has 0 radical (unpaired) electrons. The van der Waals surface area contributed by atoms with Gasteiger partial charge in [0.25, 0.3) is 5.91 Å². The largest absolute Gasteiger partial charge is 0.382 e. The van der Waals surface area contributed by atoms with Crippen LogP contribution in [0.15, 0.2) is 35.4 Å². The fourth-order valence-corrected chi connectivity index (χ4v) is 3.09. The normalized spacial score (nSPS) is 12.3. The molecule has 0 spiro atoms. The number of hydrogen-bond acceptors (Lipinski definition) is 5. The molecule has 0 unspecified atom stereocenters. The van der Waals surface area contributed by atoms with Crippen molar-refractivity contribution in [1.29, 1.82) is 0 Å². The number of hydrogen-bond donors (Lipinski definition) is 1. The Balaban J connectivity index is 2.02. The van der Waals surface area contributed by atoms with Gasteiger partial charge in [-0.15, -0.1) is 0 Å². The smallest absolute Gasteiger partial charge is 0.257 e. The summed E-state index contributed by atoms with van der Waals surface area (Å²) in [7, 11) is 3.35. The highest BCUT2D eigenvalue weighted by molar-refractivity contribution is 5.97. The second-order valence-corrected chi connectivity index (χ2v) is 6.34. The summed E-state index contributed by atoms with van der Waals surface area (Å²) in [6, 6.07) is 4.88. The second kappa shape index (κ2) is 7.71. The van der Waals surface area contributed by atoms with Crippen LogP contribution in [0.2, 0.25) is 0 Å². The van der Waals surface area contributed by atoms with E-state index in [2.05, 4.69) is 15.4 Å². The number of methoxy groups -OCH3 is 1. The van der Waals surface area contributed by atoms with Gasteiger partial charge in [0.15, 0.2) is 0 Å². The van der Waals surface area contributed by atoms with Gasteiger partial charge in [-0.2, -0.15) is 5.10 Å². The Morgan fingerprint density at radius 2 is 2.11 bits per heavy atom. The molecular weight excluding hydrogens is 346 g/mol. The van der Waals surface area contributed by atoms with Gasteiger partial charge in [-0.25, -0.2) is 4.98 Å². The van der Waals surface area contributed by atoms with Gasteiger partial charge in [0.05, 0.1) is 23.7 Å². The molecule has 3 aromatic rings. The topological polar surface area (TPSA) is 91.0 Å². The molecule has 3 aromatic heterocycles. The van der Waals surface area contributed by atoms with Gasteiger partial charge in [-0.3, -0.25) is 14.3 Å². The number of ether oxygens (including phenoxy) is 1. The van der Waals surface area contributed by atoms with Crippen LogP contribution in [0.5, 0.6) is 0 Å². The predicted molar refractivity (Wildman–Crippen MR) is 102 cm³/mol. The van der Waals surface area contributed by atoms with E-state index in [-0.39, 0.29) is 17.6 Å². The maximum Gasteiger partial charge on any atom is 0.257 e. The van der Waals surface area contributed by atoms with Gasteiger partial charge < -0.3 is 14.6 Å². The fraction of sp³-hybridized carbons (Fsp3) is 0.368. The fourth-order valence-electron chi connectivity index (χ4n) is 3.09. The number of nitrogens with zero attached hydrogens (tertiary/aromatic N) is 4. The third-order valence-corrected chi connectivity index (χ3v) is 4.50. The first kappa shape index (κ1) is 18.8. The zero-order valence-electron chi connectivity index (χ0n) is 15.9. The minimum atomic E-state index is -0.451. The Labute approximate surface area is 156 Å². The van der Waals surface area contributed by atoms with E-state index in [1.165, 1.54) is 0 Å². The van der Waals surface area contributed by atoms with E-state index in [4.69, 9.17) is 4.74 Å². The van der Waals surface area contributed by atoms with Crippen LogP contribution in [0, 0.1) is 6.92 Å². The molecule has 0 saturated heterocycles. The lowest BCUT2D eigenvalue weighted by Crippen LogP contribution is -2.35. The number of rotatable bonds is 6. The Kier molecular flexibility index (Phi) is 5.36. The average molecular weight is 369 g/mol. The lowest BCUT2D eigenvalue weighted by molar-refractivity contribution is 0.0890. The average Bonchev–Trinajstić information content (AvgIpc) is 3.07. The molecule has 0 fully saturated rings. The monoisotopic (exact) mass is 369 g/mol. The number of amides is 1. The first-order chi connectivity index (χ1) is 13.0. The highest BCUT2D eigenvalue weighted by Gasteiger charge is 2.22. The van der Waals surface area contributed by atoms with Gasteiger partial charge in [0.1, 0.15) is 11.2 Å². The van der Waals surface area contributed by atoms with Crippen molar-refractivity contribution >= 4 is 16.9 Å². The molecule has 0 aliphatic heterocycles. The van der Waals surface area contributed by atoms with E-state index < -0.39 is 11.9 Å². The standard InChI is InChI=1S/C19H23N5O3/c1-5-24-10-14(17(25)13-7-6-12(2)21-18(13)24)19(26)22-15(11-27-4)16-8-9-20-23(16)3/h6-10,15H,5,11H2,1-4H3,(H,22,26)/t15-/m1/s1. The van der Waals surface area contributed by atoms with Crippen LogP contribution in [0.25, 0.3) is 11.0 Å². The Morgan fingerprint density at radius 3 is 2.74 bits per heavy atom. The molecule has 0 aliphatic rings. The van der Waals surface area contributed by atoms with Crippen LogP contribution in [-0.2, 0) is 18.3 Å². The molecule has 0 saturated carbocycles. The maximum atomic E-state index is 12.9. The first-order valence-electron chi connectivity index (χ1n) is 8.74. The summed E-state index contributed by atoms with van der Waals surface area (Å²) in [5, 5.41) is 7.45.